The molecule has 5 nitrogen and oxygen atoms in total. The predicted octanol–water partition coefficient (Wildman–Crippen LogP) is 6.38. The highest BCUT2D eigenvalue weighted by Gasteiger charge is 2.35. The lowest BCUT2D eigenvalue weighted by Gasteiger charge is -2.31. The van der Waals surface area contributed by atoms with Gasteiger partial charge >= 0.3 is 0 Å². The predicted molar refractivity (Wildman–Crippen MR) is 133 cm³/mol. The Labute approximate surface area is 196 Å². The minimum absolute atomic E-state index is 0.0418. The Bertz CT molecular complexity index is 903. The van der Waals surface area contributed by atoms with Crippen LogP contribution in [0.15, 0.2) is 64.1 Å². The number of benzene rings is 2. The molecule has 0 aromatic heterocycles. The largest absolute Gasteiger partial charge is 0.325 e. The van der Waals surface area contributed by atoms with Crippen LogP contribution in [0.2, 0.25) is 0 Å². The van der Waals surface area contributed by atoms with E-state index in [1.165, 1.54) is 31.0 Å². The molecule has 31 heavy (non-hydrogen) atoms. The van der Waals surface area contributed by atoms with Crippen molar-refractivity contribution in [3.63, 3.8) is 0 Å². The first-order valence-corrected chi connectivity index (χ1v) is 12.4. The van der Waals surface area contributed by atoms with Gasteiger partial charge in [0, 0.05) is 23.1 Å². The van der Waals surface area contributed by atoms with E-state index in [-0.39, 0.29) is 18.2 Å². The van der Waals surface area contributed by atoms with Crippen LogP contribution in [0, 0.1) is 0 Å². The molecule has 0 radical (unpaired) electrons. The van der Waals surface area contributed by atoms with Crippen molar-refractivity contribution in [3.8, 4) is 0 Å². The summed E-state index contributed by atoms with van der Waals surface area (Å²) in [6.45, 7) is 2.83. The molecule has 7 heteroatoms. The lowest BCUT2D eigenvalue weighted by molar-refractivity contribution is -0.129. The Balaban J connectivity index is 1.72. The van der Waals surface area contributed by atoms with Gasteiger partial charge in [-0.1, -0.05) is 78.5 Å². The third kappa shape index (κ3) is 7.21. The minimum atomic E-state index is -0.505. The number of rotatable bonds is 9. The van der Waals surface area contributed by atoms with Crippen LogP contribution in [0.25, 0.3) is 0 Å². The molecule has 1 unspecified atom stereocenters. The first kappa shape index (κ1) is 23.5. The van der Waals surface area contributed by atoms with E-state index < -0.39 is 5.25 Å². The standard InChI is InChI=1S/C24H28BrN3O2S/c1-2-3-4-5-9-16-28-22(29)17-21(23(30)26-20-14-12-18(25)13-15-20)31-24(28)27-19-10-7-6-8-11-19/h6-8,10-15,21H,2-5,9,16-17H2,1H3,(H,26,30). The number of halogens is 1. The average molecular weight is 502 g/mol. The van der Waals surface area contributed by atoms with E-state index in [9.17, 15) is 9.59 Å². The highest BCUT2D eigenvalue weighted by Crippen LogP contribution is 2.30. The second kappa shape index (κ2) is 12.1. The summed E-state index contributed by atoms with van der Waals surface area (Å²) in [5.74, 6) is -0.219. The molecule has 1 fully saturated rings. The van der Waals surface area contributed by atoms with Crippen LogP contribution in [0.3, 0.4) is 0 Å². The van der Waals surface area contributed by atoms with Crippen molar-refractivity contribution in [1.29, 1.82) is 0 Å². The van der Waals surface area contributed by atoms with Crippen molar-refractivity contribution in [2.45, 2.75) is 50.7 Å². The van der Waals surface area contributed by atoms with Crippen molar-refractivity contribution < 1.29 is 9.59 Å². The number of nitrogens with zero attached hydrogens (tertiary/aromatic N) is 2. The summed E-state index contributed by atoms with van der Waals surface area (Å²) < 4.78 is 0.944. The quantitative estimate of drug-likeness (QED) is 0.405. The summed E-state index contributed by atoms with van der Waals surface area (Å²) in [6.07, 6.45) is 5.79. The monoisotopic (exact) mass is 501 g/mol. The number of carbonyl (C=O) groups excluding carboxylic acids is 2. The molecule has 1 heterocycles. The fourth-order valence-corrected chi connectivity index (χ4v) is 4.69. The Morgan fingerprint density at radius 3 is 2.52 bits per heavy atom. The molecule has 2 aromatic carbocycles. The van der Waals surface area contributed by atoms with Crippen molar-refractivity contribution in [1.82, 2.24) is 4.90 Å². The minimum Gasteiger partial charge on any atom is -0.325 e. The van der Waals surface area contributed by atoms with Gasteiger partial charge in [0.1, 0.15) is 5.25 Å². The molecule has 0 bridgehead atoms. The second-order valence-electron chi connectivity index (χ2n) is 7.50. The van der Waals surface area contributed by atoms with E-state index in [0.717, 1.165) is 23.0 Å². The second-order valence-corrected chi connectivity index (χ2v) is 9.58. The molecule has 1 saturated heterocycles. The molecule has 2 aromatic rings. The Kier molecular flexibility index (Phi) is 9.15. The molecule has 0 saturated carbocycles. The fourth-order valence-electron chi connectivity index (χ4n) is 3.30. The molecular weight excluding hydrogens is 474 g/mol. The number of amidine groups is 1. The summed E-state index contributed by atoms with van der Waals surface area (Å²) in [5, 5.41) is 3.02. The first-order chi connectivity index (χ1) is 15.1. The van der Waals surface area contributed by atoms with Gasteiger partial charge in [-0.2, -0.15) is 0 Å². The molecule has 1 N–H and O–H groups in total. The van der Waals surface area contributed by atoms with Crippen LogP contribution in [0.4, 0.5) is 11.4 Å². The highest BCUT2D eigenvalue weighted by atomic mass is 79.9. The number of amides is 2. The summed E-state index contributed by atoms with van der Waals surface area (Å²) in [5.41, 5.74) is 1.49. The van der Waals surface area contributed by atoms with E-state index in [1.54, 1.807) is 4.90 Å². The van der Waals surface area contributed by atoms with E-state index in [0.29, 0.717) is 17.4 Å². The van der Waals surface area contributed by atoms with Gasteiger partial charge < -0.3 is 5.32 Å². The number of hydrogen-bond acceptors (Lipinski definition) is 4. The third-order valence-corrected chi connectivity index (χ3v) is 6.73. The number of para-hydroxylation sites is 1. The Morgan fingerprint density at radius 2 is 1.81 bits per heavy atom. The zero-order chi connectivity index (χ0) is 22.1. The first-order valence-electron chi connectivity index (χ1n) is 10.7. The van der Waals surface area contributed by atoms with Crippen LogP contribution in [-0.2, 0) is 9.59 Å². The van der Waals surface area contributed by atoms with Crippen LogP contribution in [0.1, 0.15) is 45.4 Å². The van der Waals surface area contributed by atoms with Gasteiger partial charge in [-0.25, -0.2) is 4.99 Å². The number of unbranched alkanes of at least 4 members (excludes halogenated alkanes) is 4. The topological polar surface area (TPSA) is 61.8 Å². The molecule has 0 aliphatic carbocycles. The lowest BCUT2D eigenvalue weighted by Crippen LogP contribution is -2.45. The molecular formula is C24H28BrN3O2S. The van der Waals surface area contributed by atoms with Crippen molar-refractivity contribution >= 4 is 56.0 Å². The van der Waals surface area contributed by atoms with Gasteiger partial charge in [0.25, 0.3) is 0 Å². The smallest absolute Gasteiger partial charge is 0.238 e. The van der Waals surface area contributed by atoms with Crippen LogP contribution < -0.4 is 5.32 Å². The summed E-state index contributed by atoms with van der Waals surface area (Å²) in [4.78, 5) is 32.3. The molecule has 1 atom stereocenters. The maximum Gasteiger partial charge on any atom is 0.238 e. The number of carbonyl (C=O) groups is 2. The molecule has 0 spiro atoms. The van der Waals surface area contributed by atoms with E-state index in [1.807, 2.05) is 54.6 Å². The van der Waals surface area contributed by atoms with Crippen molar-refractivity contribution in [2.75, 3.05) is 11.9 Å². The van der Waals surface area contributed by atoms with Crippen LogP contribution in [0.5, 0.6) is 0 Å². The number of hydrogen-bond donors (Lipinski definition) is 1. The normalized spacial score (nSPS) is 17.7. The van der Waals surface area contributed by atoms with Gasteiger partial charge in [-0.15, -0.1) is 0 Å². The SMILES string of the molecule is CCCCCCCN1C(=O)CC(C(=O)Nc2ccc(Br)cc2)SC1=Nc1ccccc1. The Morgan fingerprint density at radius 1 is 1.10 bits per heavy atom. The number of nitrogens with one attached hydrogen (secondary N) is 1. The van der Waals surface area contributed by atoms with E-state index >= 15 is 0 Å². The molecule has 1 aliphatic rings. The van der Waals surface area contributed by atoms with Crippen molar-refractivity contribution in [2.24, 2.45) is 4.99 Å². The molecule has 1 aliphatic heterocycles. The maximum atomic E-state index is 13.0. The van der Waals surface area contributed by atoms with Gasteiger partial charge in [-0.3, -0.25) is 14.5 Å². The number of aliphatic imine (C=N–C) groups is 1. The van der Waals surface area contributed by atoms with Gasteiger partial charge in [-0.05, 0) is 42.8 Å². The zero-order valence-corrected chi connectivity index (χ0v) is 20.1. The average Bonchev–Trinajstić information content (AvgIpc) is 2.77. The van der Waals surface area contributed by atoms with E-state index in [4.69, 9.17) is 4.99 Å². The summed E-state index contributed by atoms with van der Waals surface area (Å²) >= 11 is 4.76. The summed E-state index contributed by atoms with van der Waals surface area (Å²) in [7, 11) is 0. The van der Waals surface area contributed by atoms with Gasteiger partial charge in [0.05, 0.1) is 5.69 Å². The third-order valence-electron chi connectivity index (χ3n) is 5.01. The van der Waals surface area contributed by atoms with Crippen LogP contribution >= 0.6 is 27.7 Å². The number of thioether (sulfide) groups is 1. The maximum absolute atomic E-state index is 13.0. The van der Waals surface area contributed by atoms with Crippen molar-refractivity contribution in [3.05, 3.63) is 59.1 Å². The highest BCUT2D eigenvalue weighted by molar-refractivity contribution is 9.10. The van der Waals surface area contributed by atoms with Gasteiger partial charge in [0.2, 0.25) is 11.8 Å². The molecule has 3 rings (SSSR count). The fraction of sp³-hybridized carbons (Fsp3) is 0.375. The van der Waals surface area contributed by atoms with Crippen LogP contribution in [-0.4, -0.2) is 33.7 Å². The van der Waals surface area contributed by atoms with Gasteiger partial charge in [0.15, 0.2) is 5.17 Å². The molecule has 164 valence electrons. The van der Waals surface area contributed by atoms with E-state index in [2.05, 4.69) is 28.2 Å². The lowest BCUT2D eigenvalue weighted by atomic mass is 10.1. The summed E-state index contributed by atoms with van der Waals surface area (Å²) in [6, 6.07) is 17.0. The zero-order valence-electron chi connectivity index (χ0n) is 17.7. The molecule has 2 amide bonds. The number of anilines is 1. The Hall–Kier alpha value is -2.12.